The van der Waals surface area contributed by atoms with E-state index in [1.165, 1.54) is 12.3 Å². The standard InChI is InChI=1S/C25H26F2N6O2/c1-32(2)14-18-4-3-9-33(18)25(35)15-5-7-17(8-6-15)29-13-23(31-28)19-10-16-11-20(26)21(27)12-22(16)30-24(19)34/h5-8,10-13,18H,3-4,9,14,28H2,1-2H3,(H,30,34)/t18-/m1/s1. The van der Waals surface area contributed by atoms with Gasteiger partial charge < -0.3 is 20.6 Å². The summed E-state index contributed by atoms with van der Waals surface area (Å²) in [5.74, 6) is 3.36. The summed E-state index contributed by atoms with van der Waals surface area (Å²) in [7, 11) is 3.99. The molecule has 0 radical (unpaired) electrons. The predicted octanol–water partition coefficient (Wildman–Crippen LogP) is 3.04. The quantitative estimate of drug-likeness (QED) is 0.321. The number of nitrogens with zero attached hydrogens (tertiary/aromatic N) is 4. The largest absolute Gasteiger partial charge is 0.334 e. The first-order valence-corrected chi connectivity index (χ1v) is 11.2. The Labute approximate surface area is 200 Å². The highest BCUT2D eigenvalue weighted by Crippen LogP contribution is 2.22. The maximum atomic E-state index is 13.6. The number of halogens is 2. The number of carbonyl (C=O) groups is 1. The monoisotopic (exact) mass is 480 g/mol. The Bertz CT molecular complexity index is 1360. The average molecular weight is 481 g/mol. The van der Waals surface area contributed by atoms with Crippen molar-refractivity contribution in [2.24, 2.45) is 15.9 Å². The molecule has 1 aliphatic heterocycles. The molecule has 1 atom stereocenters. The zero-order valence-electron chi connectivity index (χ0n) is 19.5. The highest BCUT2D eigenvalue weighted by molar-refractivity contribution is 6.38. The van der Waals surface area contributed by atoms with Crippen LogP contribution < -0.4 is 11.4 Å². The van der Waals surface area contributed by atoms with Crippen molar-refractivity contribution in [1.82, 2.24) is 14.8 Å². The van der Waals surface area contributed by atoms with Gasteiger partial charge in [0.05, 0.1) is 23.0 Å². The van der Waals surface area contributed by atoms with E-state index in [-0.39, 0.29) is 34.1 Å². The number of benzene rings is 2. The van der Waals surface area contributed by atoms with Crippen LogP contribution in [0.1, 0.15) is 28.8 Å². The Morgan fingerprint density at radius 1 is 1.20 bits per heavy atom. The molecular formula is C25H26F2N6O2. The summed E-state index contributed by atoms with van der Waals surface area (Å²) in [4.78, 5) is 36.2. The number of aromatic nitrogens is 1. The van der Waals surface area contributed by atoms with Crippen molar-refractivity contribution in [2.45, 2.75) is 18.9 Å². The summed E-state index contributed by atoms with van der Waals surface area (Å²) in [6.45, 7) is 1.56. The number of rotatable bonds is 6. The molecule has 182 valence electrons. The van der Waals surface area contributed by atoms with Crippen molar-refractivity contribution in [3.05, 3.63) is 75.6 Å². The van der Waals surface area contributed by atoms with Gasteiger partial charge >= 0.3 is 0 Å². The number of likely N-dealkylation sites (tertiary alicyclic amines) is 1. The second kappa shape index (κ2) is 10.1. The van der Waals surface area contributed by atoms with Gasteiger partial charge in [0, 0.05) is 36.1 Å². The number of aliphatic imine (C=N–C) groups is 1. The molecule has 0 spiro atoms. The molecule has 2 aromatic carbocycles. The molecular weight excluding hydrogens is 454 g/mol. The zero-order valence-corrected chi connectivity index (χ0v) is 19.5. The molecule has 1 aliphatic rings. The fourth-order valence-electron chi connectivity index (χ4n) is 4.27. The van der Waals surface area contributed by atoms with Crippen LogP contribution in [0.3, 0.4) is 0 Å². The molecule has 1 saturated heterocycles. The SMILES string of the molecule is CN(C)C[C@H]1CCCN1C(=O)c1ccc(N=CC(=NN)c2cc3cc(F)c(F)cc3[nH]c2=O)cc1. The van der Waals surface area contributed by atoms with Crippen molar-refractivity contribution in [3.63, 3.8) is 0 Å². The Morgan fingerprint density at radius 3 is 2.60 bits per heavy atom. The van der Waals surface area contributed by atoms with Crippen LogP contribution in [0.5, 0.6) is 0 Å². The molecule has 0 unspecified atom stereocenters. The van der Waals surface area contributed by atoms with Gasteiger partial charge in [-0.15, -0.1) is 0 Å². The first-order chi connectivity index (χ1) is 16.8. The van der Waals surface area contributed by atoms with Gasteiger partial charge in [-0.2, -0.15) is 5.10 Å². The molecule has 1 amide bonds. The number of fused-ring (bicyclic) bond motifs is 1. The van der Waals surface area contributed by atoms with Crippen molar-refractivity contribution < 1.29 is 13.6 Å². The molecule has 10 heteroatoms. The maximum Gasteiger partial charge on any atom is 0.258 e. The molecule has 1 fully saturated rings. The lowest BCUT2D eigenvalue weighted by Gasteiger charge is -2.27. The zero-order chi connectivity index (χ0) is 25.1. The van der Waals surface area contributed by atoms with Crippen molar-refractivity contribution >= 4 is 34.4 Å². The molecule has 4 rings (SSSR count). The Hall–Kier alpha value is -3.92. The number of H-pyrrole nitrogens is 1. The molecule has 1 aromatic heterocycles. The van der Waals surface area contributed by atoms with E-state index in [1.807, 2.05) is 19.0 Å². The van der Waals surface area contributed by atoms with E-state index in [2.05, 4.69) is 20.0 Å². The van der Waals surface area contributed by atoms with Crippen molar-refractivity contribution in [3.8, 4) is 0 Å². The van der Waals surface area contributed by atoms with E-state index in [1.54, 1.807) is 24.3 Å². The first-order valence-electron chi connectivity index (χ1n) is 11.2. The smallest absolute Gasteiger partial charge is 0.258 e. The number of likely N-dealkylation sites (N-methyl/N-ethyl adjacent to an activating group) is 1. The van der Waals surface area contributed by atoms with Gasteiger partial charge in [-0.1, -0.05) is 0 Å². The minimum absolute atomic E-state index is 0.0135. The van der Waals surface area contributed by atoms with Gasteiger partial charge in [0.1, 0.15) is 5.71 Å². The molecule has 2 heterocycles. The number of amides is 1. The second-order valence-electron chi connectivity index (χ2n) is 8.74. The van der Waals surface area contributed by atoms with Gasteiger partial charge in [0.25, 0.3) is 11.5 Å². The van der Waals surface area contributed by atoms with E-state index in [4.69, 9.17) is 5.84 Å². The number of hydrogen-bond donors (Lipinski definition) is 2. The topological polar surface area (TPSA) is 107 Å². The molecule has 8 nitrogen and oxygen atoms in total. The van der Waals surface area contributed by atoms with Gasteiger partial charge in [0.15, 0.2) is 11.6 Å². The molecule has 0 bridgehead atoms. The average Bonchev–Trinajstić information content (AvgIpc) is 3.28. The van der Waals surface area contributed by atoms with Crippen LogP contribution in [-0.2, 0) is 0 Å². The second-order valence-corrected chi connectivity index (χ2v) is 8.74. The van der Waals surface area contributed by atoms with Gasteiger partial charge in [-0.3, -0.25) is 14.6 Å². The number of hydrazone groups is 1. The van der Waals surface area contributed by atoms with Crippen LogP contribution in [0.4, 0.5) is 14.5 Å². The minimum Gasteiger partial charge on any atom is -0.334 e. The lowest BCUT2D eigenvalue weighted by Crippen LogP contribution is -2.41. The van der Waals surface area contributed by atoms with Crippen LogP contribution in [0, 0.1) is 11.6 Å². The van der Waals surface area contributed by atoms with Crippen molar-refractivity contribution in [1.29, 1.82) is 0 Å². The van der Waals surface area contributed by atoms with Gasteiger partial charge in [-0.25, -0.2) is 8.78 Å². The van der Waals surface area contributed by atoms with Crippen LogP contribution in [0.25, 0.3) is 10.9 Å². The lowest BCUT2D eigenvalue weighted by atomic mass is 10.1. The number of carbonyl (C=O) groups excluding carboxylic acids is 1. The number of hydrogen-bond acceptors (Lipinski definition) is 6. The summed E-state index contributed by atoms with van der Waals surface area (Å²) in [5.41, 5.74) is 0.793. The number of aromatic amines is 1. The Balaban J connectivity index is 1.52. The highest BCUT2D eigenvalue weighted by Gasteiger charge is 2.29. The Kier molecular flexibility index (Phi) is 7.02. The Morgan fingerprint density at radius 2 is 1.91 bits per heavy atom. The summed E-state index contributed by atoms with van der Waals surface area (Å²) in [5, 5.41) is 3.91. The summed E-state index contributed by atoms with van der Waals surface area (Å²) >= 11 is 0. The van der Waals surface area contributed by atoms with Crippen LogP contribution >= 0.6 is 0 Å². The molecule has 3 N–H and O–H groups in total. The summed E-state index contributed by atoms with van der Waals surface area (Å²) in [6.07, 6.45) is 3.28. The van der Waals surface area contributed by atoms with E-state index >= 15 is 0 Å². The summed E-state index contributed by atoms with van der Waals surface area (Å²) in [6, 6.07) is 10.3. The maximum absolute atomic E-state index is 13.6. The van der Waals surface area contributed by atoms with E-state index in [9.17, 15) is 18.4 Å². The van der Waals surface area contributed by atoms with Crippen LogP contribution in [0.15, 0.2) is 57.4 Å². The predicted molar refractivity (Wildman–Crippen MR) is 132 cm³/mol. The highest BCUT2D eigenvalue weighted by atomic mass is 19.2. The fraction of sp³-hybridized carbons (Fsp3) is 0.280. The third-order valence-corrected chi connectivity index (χ3v) is 5.96. The van der Waals surface area contributed by atoms with Crippen LogP contribution in [-0.4, -0.2) is 65.8 Å². The van der Waals surface area contributed by atoms with Gasteiger partial charge in [0.2, 0.25) is 0 Å². The van der Waals surface area contributed by atoms with Crippen LogP contribution in [0.2, 0.25) is 0 Å². The minimum atomic E-state index is -1.06. The van der Waals surface area contributed by atoms with E-state index in [0.29, 0.717) is 11.3 Å². The molecule has 3 aromatic rings. The molecule has 0 aliphatic carbocycles. The van der Waals surface area contributed by atoms with E-state index in [0.717, 1.165) is 38.1 Å². The lowest BCUT2D eigenvalue weighted by molar-refractivity contribution is 0.0716. The van der Waals surface area contributed by atoms with Gasteiger partial charge in [-0.05, 0) is 63.3 Å². The fourth-order valence-corrected chi connectivity index (χ4v) is 4.27. The number of nitrogens with one attached hydrogen (secondary N) is 1. The third kappa shape index (κ3) is 5.27. The van der Waals surface area contributed by atoms with Crippen molar-refractivity contribution in [2.75, 3.05) is 27.2 Å². The normalized spacial score (nSPS) is 16.7. The third-order valence-electron chi connectivity index (χ3n) is 5.96. The number of nitrogens with two attached hydrogens (primary N) is 1. The summed E-state index contributed by atoms with van der Waals surface area (Å²) < 4.78 is 27.1. The number of pyridine rings is 1. The molecule has 0 saturated carbocycles. The molecule has 35 heavy (non-hydrogen) atoms. The van der Waals surface area contributed by atoms with E-state index < -0.39 is 17.2 Å². The first kappa shape index (κ1) is 24.2.